The van der Waals surface area contributed by atoms with Gasteiger partial charge in [-0.05, 0) is 45.1 Å². The zero-order chi connectivity index (χ0) is 13.0. The van der Waals surface area contributed by atoms with Crippen LogP contribution in [0.25, 0.3) is 0 Å². The Bertz CT molecular complexity index is 241. The third-order valence-corrected chi connectivity index (χ3v) is 4.23. The highest BCUT2D eigenvalue weighted by Gasteiger charge is 2.31. The van der Waals surface area contributed by atoms with Crippen LogP contribution >= 0.6 is 0 Å². The van der Waals surface area contributed by atoms with Crippen molar-refractivity contribution in [1.29, 1.82) is 0 Å². The van der Waals surface area contributed by atoms with E-state index in [1.54, 1.807) is 0 Å². The average molecular weight is 254 g/mol. The first kappa shape index (κ1) is 14.3. The number of likely N-dealkylation sites (tertiary alicyclic amines) is 1. The number of nitrogens with one attached hydrogen (secondary N) is 1. The van der Waals surface area contributed by atoms with Crippen LogP contribution < -0.4 is 5.32 Å². The standard InChI is InChI=1S/C15H30N2O/c1-4-18-11-15(12(2)3)17-9-5-6-14(10-17)16-13-7-8-13/h12-16H,4-11H2,1-3H3. The lowest BCUT2D eigenvalue weighted by Crippen LogP contribution is -2.52. The molecule has 0 spiro atoms. The van der Waals surface area contributed by atoms with Crippen LogP contribution in [0.2, 0.25) is 0 Å². The van der Waals surface area contributed by atoms with Gasteiger partial charge in [-0.2, -0.15) is 0 Å². The number of hydrogen-bond donors (Lipinski definition) is 1. The second-order valence-electron chi connectivity index (χ2n) is 6.25. The Morgan fingerprint density at radius 1 is 1.22 bits per heavy atom. The maximum absolute atomic E-state index is 5.68. The van der Waals surface area contributed by atoms with E-state index in [1.165, 1.54) is 38.8 Å². The van der Waals surface area contributed by atoms with E-state index in [1.807, 2.05) is 0 Å². The Morgan fingerprint density at radius 2 is 2.00 bits per heavy atom. The first-order valence-electron chi connectivity index (χ1n) is 7.78. The Balaban J connectivity index is 1.83. The summed E-state index contributed by atoms with van der Waals surface area (Å²) in [6.45, 7) is 10.9. The van der Waals surface area contributed by atoms with Crippen molar-refractivity contribution in [3.63, 3.8) is 0 Å². The quantitative estimate of drug-likeness (QED) is 0.754. The molecule has 0 aromatic carbocycles. The topological polar surface area (TPSA) is 24.5 Å². The van der Waals surface area contributed by atoms with Crippen molar-refractivity contribution in [3.05, 3.63) is 0 Å². The van der Waals surface area contributed by atoms with Crippen LogP contribution in [0.3, 0.4) is 0 Å². The molecule has 1 saturated heterocycles. The normalized spacial score (nSPS) is 27.7. The summed E-state index contributed by atoms with van der Waals surface area (Å²) in [7, 11) is 0. The van der Waals surface area contributed by atoms with Crippen molar-refractivity contribution < 1.29 is 4.74 Å². The molecule has 2 rings (SSSR count). The van der Waals surface area contributed by atoms with Crippen LogP contribution in [-0.2, 0) is 4.74 Å². The van der Waals surface area contributed by atoms with Gasteiger partial charge >= 0.3 is 0 Å². The predicted octanol–water partition coefficient (Wildman–Crippen LogP) is 2.26. The van der Waals surface area contributed by atoms with Crippen LogP contribution in [0.5, 0.6) is 0 Å². The van der Waals surface area contributed by atoms with Gasteiger partial charge in [-0.3, -0.25) is 4.90 Å². The van der Waals surface area contributed by atoms with E-state index in [0.29, 0.717) is 18.0 Å². The van der Waals surface area contributed by atoms with Crippen molar-refractivity contribution in [2.45, 2.75) is 64.6 Å². The molecule has 1 N–H and O–H groups in total. The predicted molar refractivity (Wildman–Crippen MR) is 75.9 cm³/mol. The summed E-state index contributed by atoms with van der Waals surface area (Å²) in [5, 5.41) is 3.79. The van der Waals surface area contributed by atoms with Gasteiger partial charge in [-0.25, -0.2) is 0 Å². The minimum Gasteiger partial charge on any atom is -0.380 e. The fourth-order valence-corrected chi connectivity index (χ4v) is 2.99. The molecule has 1 aliphatic heterocycles. The lowest BCUT2D eigenvalue weighted by molar-refractivity contribution is 0.0275. The summed E-state index contributed by atoms with van der Waals surface area (Å²) in [5.74, 6) is 0.677. The van der Waals surface area contributed by atoms with Gasteiger partial charge in [0.25, 0.3) is 0 Å². The Morgan fingerprint density at radius 3 is 2.61 bits per heavy atom. The van der Waals surface area contributed by atoms with Gasteiger partial charge in [0, 0.05) is 31.3 Å². The number of hydrogen-bond acceptors (Lipinski definition) is 3. The number of piperidine rings is 1. The van der Waals surface area contributed by atoms with Crippen molar-refractivity contribution >= 4 is 0 Å². The molecule has 2 unspecified atom stereocenters. The monoisotopic (exact) mass is 254 g/mol. The molecule has 1 saturated carbocycles. The largest absolute Gasteiger partial charge is 0.380 e. The van der Waals surface area contributed by atoms with E-state index in [-0.39, 0.29) is 0 Å². The van der Waals surface area contributed by atoms with Gasteiger partial charge in [-0.1, -0.05) is 13.8 Å². The van der Waals surface area contributed by atoms with Crippen LogP contribution in [-0.4, -0.2) is 49.3 Å². The fraction of sp³-hybridized carbons (Fsp3) is 1.00. The van der Waals surface area contributed by atoms with E-state index in [4.69, 9.17) is 4.74 Å². The van der Waals surface area contributed by atoms with Crippen molar-refractivity contribution in [2.24, 2.45) is 5.92 Å². The van der Waals surface area contributed by atoms with Crippen LogP contribution in [0.15, 0.2) is 0 Å². The number of rotatable bonds is 7. The molecular formula is C15H30N2O. The SMILES string of the molecule is CCOCC(C(C)C)N1CCCC(NC2CC2)C1. The molecule has 106 valence electrons. The summed E-state index contributed by atoms with van der Waals surface area (Å²) >= 11 is 0. The molecule has 0 aromatic heterocycles. The van der Waals surface area contributed by atoms with E-state index in [0.717, 1.165) is 19.3 Å². The highest BCUT2D eigenvalue weighted by molar-refractivity contribution is 4.90. The molecule has 3 heteroatoms. The van der Waals surface area contributed by atoms with Crippen molar-refractivity contribution in [1.82, 2.24) is 10.2 Å². The van der Waals surface area contributed by atoms with Gasteiger partial charge in [0.2, 0.25) is 0 Å². The van der Waals surface area contributed by atoms with Crippen molar-refractivity contribution in [2.75, 3.05) is 26.3 Å². The number of nitrogens with zero attached hydrogens (tertiary/aromatic N) is 1. The molecule has 0 radical (unpaired) electrons. The third-order valence-electron chi connectivity index (χ3n) is 4.23. The van der Waals surface area contributed by atoms with E-state index in [2.05, 4.69) is 31.0 Å². The molecule has 1 aliphatic carbocycles. The van der Waals surface area contributed by atoms with Gasteiger partial charge in [-0.15, -0.1) is 0 Å². The number of ether oxygens (including phenoxy) is 1. The molecule has 0 aromatic rings. The highest BCUT2D eigenvalue weighted by Crippen LogP contribution is 2.23. The smallest absolute Gasteiger partial charge is 0.0624 e. The highest BCUT2D eigenvalue weighted by atomic mass is 16.5. The van der Waals surface area contributed by atoms with E-state index >= 15 is 0 Å². The van der Waals surface area contributed by atoms with E-state index in [9.17, 15) is 0 Å². The molecule has 0 amide bonds. The second-order valence-corrected chi connectivity index (χ2v) is 6.25. The Labute approximate surface area is 112 Å². The lowest BCUT2D eigenvalue weighted by atomic mass is 9.98. The zero-order valence-corrected chi connectivity index (χ0v) is 12.3. The minimum absolute atomic E-state index is 0.591. The molecule has 2 aliphatic rings. The molecule has 3 nitrogen and oxygen atoms in total. The molecular weight excluding hydrogens is 224 g/mol. The first-order valence-corrected chi connectivity index (χ1v) is 7.78. The third kappa shape index (κ3) is 4.22. The van der Waals surface area contributed by atoms with Gasteiger partial charge in [0.05, 0.1) is 6.61 Å². The molecule has 18 heavy (non-hydrogen) atoms. The maximum Gasteiger partial charge on any atom is 0.0624 e. The van der Waals surface area contributed by atoms with Gasteiger partial charge in [0.1, 0.15) is 0 Å². The summed E-state index contributed by atoms with van der Waals surface area (Å²) < 4.78 is 5.68. The van der Waals surface area contributed by atoms with Gasteiger partial charge in [0.15, 0.2) is 0 Å². The first-order chi connectivity index (χ1) is 8.70. The summed E-state index contributed by atoms with van der Waals surface area (Å²) in [5.41, 5.74) is 0. The van der Waals surface area contributed by atoms with Crippen molar-refractivity contribution in [3.8, 4) is 0 Å². The van der Waals surface area contributed by atoms with Crippen LogP contribution in [0, 0.1) is 5.92 Å². The second kappa shape index (κ2) is 6.88. The van der Waals surface area contributed by atoms with Gasteiger partial charge < -0.3 is 10.1 Å². The molecule has 2 fully saturated rings. The molecule has 0 bridgehead atoms. The summed E-state index contributed by atoms with van der Waals surface area (Å²) in [6.07, 6.45) is 5.47. The van der Waals surface area contributed by atoms with Crippen LogP contribution in [0.1, 0.15) is 46.5 Å². The van der Waals surface area contributed by atoms with E-state index < -0.39 is 0 Å². The summed E-state index contributed by atoms with van der Waals surface area (Å²) in [6, 6.07) is 2.14. The molecule has 2 atom stereocenters. The lowest BCUT2D eigenvalue weighted by Gasteiger charge is -2.40. The fourth-order valence-electron chi connectivity index (χ4n) is 2.99. The Kier molecular flexibility index (Phi) is 5.46. The Hall–Kier alpha value is -0.120. The minimum atomic E-state index is 0.591. The molecule has 1 heterocycles. The zero-order valence-electron chi connectivity index (χ0n) is 12.3. The maximum atomic E-state index is 5.68. The summed E-state index contributed by atoms with van der Waals surface area (Å²) in [4.78, 5) is 2.66. The van der Waals surface area contributed by atoms with Crippen LogP contribution in [0.4, 0.5) is 0 Å². The average Bonchev–Trinajstić information content (AvgIpc) is 3.13.